The summed E-state index contributed by atoms with van der Waals surface area (Å²) >= 11 is 6.18. The van der Waals surface area contributed by atoms with E-state index in [2.05, 4.69) is 4.98 Å². The van der Waals surface area contributed by atoms with Gasteiger partial charge in [-0.15, -0.1) is 0 Å². The number of aromatic nitrogens is 2. The predicted molar refractivity (Wildman–Crippen MR) is 116 cm³/mol. The number of rotatable bonds is 7. The maximum Gasteiger partial charge on any atom is 0.330 e. The monoisotopic (exact) mass is 428 g/mol. The highest BCUT2D eigenvalue weighted by molar-refractivity contribution is 6.34. The molecule has 0 radical (unpaired) electrons. The van der Waals surface area contributed by atoms with Crippen molar-refractivity contribution in [3.05, 3.63) is 91.6 Å². The van der Waals surface area contributed by atoms with E-state index in [0.29, 0.717) is 0 Å². The zero-order chi connectivity index (χ0) is 21.7. The van der Waals surface area contributed by atoms with Gasteiger partial charge in [0.2, 0.25) is 0 Å². The van der Waals surface area contributed by atoms with Gasteiger partial charge in [0, 0.05) is 13.7 Å². The number of carbonyl (C=O) groups is 1. The van der Waals surface area contributed by atoms with Crippen LogP contribution in [0.25, 0.3) is 0 Å². The number of aromatic amines is 1. The first kappa shape index (κ1) is 21.4. The Balaban J connectivity index is 2.12. The molecule has 0 saturated carbocycles. The number of nitrogens with zero attached hydrogens (tertiary/aromatic N) is 2. The molecule has 30 heavy (non-hydrogen) atoms. The largest absolute Gasteiger partial charge is 0.383 e. The Morgan fingerprint density at radius 1 is 1.13 bits per heavy atom. The Bertz CT molecular complexity index is 1160. The van der Waals surface area contributed by atoms with Gasteiger partial charge in [-0.25, -0.2) is 4.79 Å². The number of hydrogen-bond donors (Lipinski definition) is 2. The summed E-state index contributed by atoms with van der Waals surface area (Å²) < 4.78 is 6.31. The van der Waals surface area contributed by atoms with Crippen LogP contribution in [0.5, 0.6) is 0 Å². The molecular formula is C21H21ClN4O4. The van der Waals surface area contributed by atoms with Gasteiger partial charge in [-0.2, -0.15) is 0 Å². The normalized spacial score (nSPS) is 10.7. The van der Waals surface area contributed by atoms with E-state index < -0.39 is 17.2 Å². The summed E-state index contributed by atoms with van der Waals surface area (Å²) in [7, 11) is 1.47. The third-order valence-corrected chi connectivity index (χ3v) is 4.87. The number of hydrogen-bond acceptors (Lipinski definition) is 5. The van der Waals surface area contributed by atoms with Crippen LogP contribution < -0.4 is 21.9 Å². The van der Waals surface area contributed by atoms with Gasteiger partial charge in [-0.1, -0.05) is 54.1 Å². The molecule has 0 spiro atoms. The quantitative estimate of drug-likeness (QED) is 0.598. The molecule has 0 aliphatic carbocycles. The van der Waals surface area contributed by atoms with Crippen molar-refractivity contribution in [3.63, 3.8) is 0 Å². The molecule has 0 saturated heterocycles. The third-order valence-electron chi connectivity index (χ3n) is 4.54. The molecule has 0 bridgehead atoms. The summed E-state index contributed by atoms with van der Waals surface area (Å²) in [6.45, 7) is 0.317. The number of carbonyl (C=O) groups excluding carboxylic acids is 1. The van der Waals surface area contributed by atoms with Gasteiger partial charge in [0.1, 0.15) is 5.82 Å². The lowest BCUT2D eigenvalue weighted by Crippen LogP contribution is -2.42. The van der Waals surface area contributed by atoms with Crippen molar-refractivity contribution in [2.45, 2.75) is 6.54 Å². The molecule has 1 aromatic heterocycles. The SMILES string of the molecule is COCCN(C(=O)c1ccccc1Cl)c1c(N)n(Cc2ccccc2)c(=O)[nH]c1=O. The number of benzene rings is 2. The molecule has 9 heteroatoms. The topological polar surface area (TPSA) is 110 Å². The number of anilines is 2. The van der Waals surface area contributed by atoms with Crippen LogP contribution in [0, 0.1) is 0 Å². The van der Waals surface area contributed by atoms with Crippen LogP contribution in [0.4, 0.5) is 11.5 Å². The first-order valence-electron chi connectivity index (χ1n) is 9.16. The highest BCUT2D eigenvalue weighted by atomic mass is 35.5. The van der Waals surface area contributed by atoms with E-state index in [4.69, 9.17) is 22.1 Å². The van der Waals surface area contributed by atoms with Gasteiger partial charge < -0.3 is 10.5 Å². The summed E-state index contributed by atoms with van der Waals surface area (Å²) in [5, 5.41) is 0.234. The molecule has 3 N–H and O–H groups in total. The van der Waals surface area contributed by atoms with Crippen LogP contribution in [-0.4, -0.2) is 35.7 Å². The van der Waals surface area contributed by atoms with Crippen molar-refractivity contribution in [2.24, 2.45) is 0 Å². The highest BCUT2D eigenvalue weighted by Gasteiger charge is 2.26. The lowest BCUT2D eigenvalue weighted by Gasteiger charge is -2.24. The van der Waals surface area contributed by atoms with E-state index in [9.17, 15) is 14.4 Å². The van der Waals surface area contributed by atoms with Crippen LogP contribution in [0.3, 0.4) is 0 Å². The molecule has 1 amide bonds. The van der Waals surface area contributed by atoms with E-state index in [-0.39, 0.29) is 41.8 Å². The molecule has 156 valence electrons. The Kier molecular flexibility index (Phi) is 6.71. The Morgan fingerprint density at radius 2 is 1.80 bits per heavy atom. The minimum atomic E-state index is -0.765. The molecule has 3 aromatic rings. The molecule has 1 heterocycles. The second-order valence-corrected chi connectivity index (χ2v) is 6.90. The summed E-state index contributed by atoms with van der Waals surface area (Å²) in [4.78, 5) is 41.8. The van der Waals surface area contributed by atoms with E-state index in [1.807, 2.05) is 30.3 Å². The predicted octanol–water partition coefficient (Wildman–Crippen LogP) is 2.11. The average molecular weight is 429 g/mol. The van der Waals surface area contributed by atoms with Crippen molar-refractivity contribution in [1.82, 2.24) is 9.55 Å². The van der Waals surface area contributed by atoms with Crippen molar-refractivity contribution in [3.8, 4) is 0 Å². The van der Waals surface area contributed by atoms with E-state index >= 15 is 0 Å². The van der Waals surface area contributed by atoms with Crippen LogP contribution in [0.1, 0.15) is 15.9 Å². The molecule has 0 aliphatic rings. The van der Waals surface area contributed by atoms with Crippen molar-refractivity contribution in [1.29, 1.82) is 0 Å². The molecule has 3 rings (SSSR count). The number of ether oxygens (including phenoxy) is 1. The molecular weight excluding hydrogens is 408 g/mol. The third kappa shape index (κ3) is 4.45. The molecule has 8 nitrogen and oxygen atoms in total. The summed E-state index contributed by atoms with van der Waals surface area (Å²) in [5.41, 5.74) is 5.69. The lowest BCUT2D eigenvalue weighted by molar-refractivity contribution is 0.0975. The molecule has 2 aromatic carbocycles. The summed E-state index contributed by atoms with van der Waals surface area (Å²) in [5.74, 6) is -0.649. The number of nitrogens with two attached hydrogens (primary N) is 1. The number of H-pyrrole nitrogens is 1. The first-order chi connectivity index (χ1) is 14.4. The van der Waals surface area contributed by atoms with Gasteiger partial charge in [-0.05, 0) is 17.7 Å². The fraction of sp³-hybridized carbons (Fsp3) is 0.190. The molecule has 0 fully saturated rings. The lowest BCUT2D eigenvalue weighted by atomic mass is 10.2. The van der Waals surface area contributed by atoms with E-state index in [0.717, 1.165) is 5.56 Å². The average Bonchev–Trinajstić information content (AvgIpc) is 2.74. The number of methoxy groups -OCH3 is 1. The van der Waals surface area contributed by atoms with Gasteiger partial charge in [-0.3, -0.25) is 24.0 Å². The maximum atomic E-state index is 13.2. The molecule has 0 unspecified atom stereocenters. The summed E-state index contributed by atoms with van der Waals surface area (Å²) in [6.07, 6.45) is 0. The Hall–Kier alpha value is -3.36. The fourth-order valence-corrected chi connectivity index (χ4v) is 3.26. The maximum absolute atomic E-state index is 13.2. The van der Waals surface area contributed by atoms with Gasteiger partial charge in [0.25, 0.3) is 11.5 Å². The highest BCUT2D eigenvalue weighted by Crippen LogP contribution is 2.23. The number of nitrogens with one attached hydrogen (secondary N) is 1. The van der Waals surface area contributed by atoms with Crippen LogP contribution >= 0.6 is 11.6 Å². The van der Waals surface area contributed by atoms with Gasteiger partial charge in [0.05, 0.1) is 23.7 Å². The van der Waals surface area contributed by atoms with Gasteiger partial charge in [0.15, 0.2) is 5.69 Å². The second kappa shape index (κ2) is 9.43. The fourth-order valence-electron chi connectivity index (χ4n) is 3.04. The Labute approximate surface area is 177 Å². The smallest absolute Gasteiger partial charge is 0.330 e. The van der Waals surface area contributed by atoms with Crippen molar-refractivity contribution >= 4 is 29.0 Å². The zero-order valence-electron chi connectivity index (χ0n) is 16.3. The second-order valence-electron chi connectivity index (χ2n) is 6.49. The van der Waals surface area contributed by atoms with E-state index in [1.165, 1.54) is 16.6 Å². The van der Waals surface area contributed by atoms with E-state index in [1.54, 1.807) is 24.3 Å². The van der Waals surface area contributed by atoms with Crippen LogP contribution in [0.2, 0.25) is 5.02 Å². The molecule has 0 atom stereocenters. The first-order valence-corrected chi connectivity index (χ1v) is 9.53. The Morgan fingerprint density at radius 3 is 2.47 bits per heavy atom. The van der Waals surface area contributed by atoms with Crippen molar-refractivity contribution in [2.75, 3.05) is 30.9 Å². The van der Waals surface area contributed by atoms with Crippen molar-refractivity contribution < 1.29 is 9.53 Å². The van der Waals surface area contributed by atoms with Crippen LogP contribution in [-0.2, 0) is 11.3 Å². The minimum absolute atomic E-state index is 0.0391. The number of halogens is 1. The number of nitrogen functional groups attached to an aromatic ring is 1. The standard InChI is InChI=1S/C21H21ClN4O4/c1-30-12-11-25(20(28)15-9-5-6-10-16(15)22)17-18(23)26(21(29)24-19(17)27)13-14-7-3-2-4-8-14/h2-10H,11-13,23H2,1H3,(H,24,27,29). The summed E-state index contributed by atoms with van der Waals surface area (Å²) in [6, 6.07) is 15.6. The zero-order valence-corrected chi connectivity index (χ0v) is 17.1. The van der Waals surface area contributed by atoms with Gasteiger partial charge >= 0.3 is 5.69 Å². The molecule has 0 aliphatic heterocycles. The number of amides is 1. The minimum Gasteiger partial charge on any atom is -0.383 e. The van der Waals surface area contributed by atoms with Crippen LogP contribution in [0.15, 0.2) is 64.2 Å².